The van der Waals surface area contributed by atoms with Crippen molar-refractivity contribution in [3.05, 3.63) is 69.3 Å². The summed E-state index contributed by atoms with van der Waals surface area (Å²) in [6, 6.07) is 12.3. The lowest BCUT2D eigenvalue weighted by Crippen LogP contribution is -2.23. The molecule has 6 heteroatoms. The molecule has 1 N–H and O–H groups in total. The Hall–Kier alpha value is -2.34. The molecule has 2 nitrogen and oxygen atoms in total. The van der Waals surface area contributed by atoms with Crippen LogP contribution in [0.15, 0.2) is 46.9 Å². The predicted molar refractivity (Wildman–Crippen MR) is 96.5 cm³/mol. The van der Waals surface area contributed by atoms with Gasteiger partial charge in [0.25, 0.3) is 5.78 Å². The lowest BCUT2D eigenvalue weighted by atomic mass is 10.0. The highest BCUT2D eigenvalue weighted by Gasteiger charge is 2.41. The first-order valence-electron chi connectivity index (χ1n) is 7.43. The average Bonchev–Trinajstić information content (AvgIpc) is 2.89. The van der Waals surface area contributed by atoms with Gasteiger partial charge in [0.1, 0.15) is 0 Å². The van der Waals surface area contributed by atoms with E-state index in [9.17, 15) is 18.0 Å². The molecule has 0 saturated carbocycles. The van der Waals surface area contributed by atoms with Gasteiger partial charge in [-0.3, -0.25) is 4.79 Å². The molecule has 0 radical (unpaired) electrons. The minimum absolute atomic E-state index is 0.135. The molecule has 3 rings (SSSR count). The molecule has 0 aliphatic carbocycles. The predicted octanol–water partition coefficient (Wildman–Crippen LogP) is 6.15. The molecular weight excluding hydrogens is 395 g/mol. The summed E-state index contributed by atoms with van der Waals surface area (Å²) < 4.78 is 39.7. The molecular formula is C19H13BrF3NO. The Morgan fingerprint density at radius 1 is 1.08 bits per heavy atom. The molecule has 0 fully saturated rings. The Kier molecular flexibility index (Phi) is 4.56. The molecule has 25 heavy (non-hydrogen) atoms. The van der Waals surface area contributed by atoms with E-state index < -0.39 is 12.0 Å². The number of rotatable bonds is 3. The van der Waals surface area contributed by atoms with E-state index in [1.807, 2.05) is 31.2 Å². The summed E-state index contributed by atoms with van der Waals surface area (Å²) in [7, 11) is 0. The molecule has 0 spiro atoms. The van der Waals surface area contributed by atoms with E-state index in [1.165, 1.54) is 12.1 Å². The van der Waals surface area contributed by atoms with Crippen molar-refractivity contribution in [1.82, 2.24) is 4.98 Å². The highest BCUT2D eigenvalue weighted by molar-refractivity contribution is 9.10. The van der Waals surface area contributed by atoms with Gasteiger partial charge in [-0.15, -0.1) is 0 Å². The summed E-state index contributed by atoms with van der Waals surface area (Å²) in [5, 5.41) is 0.245. The molecule has 0 saturated heterocycles. The van der Waals surface area contributed by atoms with Crippen molar-refractivity contribution >= 4 is 44.8 Å². The van der Waals surface area contributed by atoms with Crippen LogP contribution in [0.3, 0.4) is 0 Å². The van der Waals surface area contributed by atoms with Crippen molar-refractivity contribution in [1.29, 1.82) is 0 Å². The summed E-state index contributed by atoms with van der Waals surface area (Å²) in [6.45, 7) is 1.95. The van der Waals surface area contributed by atoms with Crippen LogP contribution < -0.4 is 0 Å². The fraction of sp³-hybridized carbons (Fsp3) is 0.105. The number of carbonyl (C=O) groups is 1. The van der Waals surface area contributed by atoms with Gasteiger partial charge in [-0.25, -0.2) is 0 Å². The van der Waals surface area contributed by atoms with Gasteiger partial charge in [-0.2, -0.15) is 13.2 Å². The molecule has 2 aromatic carbocycles. The fourth-order valence-corrected chi connectivity index (χ4v) is 2.92. The zero-order chi connectivity index (χ0) is 18.2. The van der Waals surface area contributed by atoms with Crippen molar-refractivity contribution in [3.8, 4) is 0 Å². The number of aromatic amines is 1. The smallest absolute Gasteiger partial charge is 0.354 e. The maximum absolute atomic E-state index is 13.0. The maximum Gasteiger partial charge on any atom is 0.454 e. The summed E-state index contributed by atoms with van der Waals surface area (Å²) in [6.07, 6.45) is -1.77. The number of fused-ring (bicyclic) bond motifs is 1. The first-order chi connectivity index (χ1) is 11.8. The number of Topliss-reactive ketones (excluding diaryl/α,β-unsaturated/α-hetero) is 1. The van der Waals surface area contributed by atoms with Crippen LogP contribution in [0.5, 0.6) is 0 Å². The van der Waals surface area contributed by atoms with E-state index in [2.05, 4.69) is 20.9 Å². The third-order valence-corrected chi connectivity index (χ3v) is 4.29. The van der Waals surface area contributed by atoms with Crippen LogP contribution in [0.4, 0.5) is 13.2 Å². The number of alkyl halides is 3. The van der Waals surface area contributed by atoms with Crippen LogP contribution >= 0.6 is 15.9 Å². The van der Waals surface area contributed by atoms with Crippen LogP contribution in [-0.2, 0) is 0 Å². The quantitative estimate of drug-likeness (QED) is 0.518. The van der Waals surface area contributed by atoms with E-state index in [-0.39, 0.29) is 16.6 Å². The summed E-state index contributed by atoms with van der Waals surface area (Å²) in [4.78, 5) is 14.8. The molecule has 3 aromatic rings. The van der Waals surface area contributed by atoms with Gasteiger partial charge in [0, 0.05) is 15.4 Å². The molecule has 0 bridgehead atoms. The summed E-state index contributed by atoms with van der Waals surface area (Å²) in [5.74, 6) is -1.86. The van der Waals surface area contributed by atoms with Crippen LogP contribution in [0, 0.1) is 6.92 Å². The summed E-state index contributed by atoms with van der Waals surface area (Å²) in [5.41, 5.74) is 2.15. The zero-order valence-corrected chi connectivity index (χ0v) is 14.7. The molecule has 128 valence electrons. The third kappa shape index (κ3) is 3.69. The van der Waals surface area contributed by atoms with Gasteiger partial charge in [0.15, 0.2) is 0 Å². The SMILES string of the molecule is Cc1ccc(/C=C/c2[nH]c3cc(Br)ccc3c2C(=O)C(F)(F)F)cc1. The second-order valence-electron chi connectivity index (χ2n) is 5.67. The lowest BCUT2D eigenvalue weighted by Gasteiger charge is -2.05. The lowest BCUT2D eigenvalue weighted by molar-refractivity contribution is -0.0884. The number of carbonyl (C=O) groups excluding carboxylic acids is 1. The maximum atomic E-state index is 13.0. The van der Waals surface area contributed by atoms with Crippen LogP contribution in [0.25, 0.3) is 23.1 Å². The Morgan fingerprint density at radius 2 is 1.76 bits per heavy atom. The zero-order valence-electron chi connectivity index (χ0n) is 13.1. The van der Waals surface area contributed by atoms with E-state index in [0.717, 1.165) is 11.1 Å². The molecule has 0 aliphatic heterocycles. The number of aryl methyl sites for hydroxylation is 1. The Bertz CT molecular complexity index is 969. The first kappa shape index (κ1) is 17.5. The fourth-order valence-electron chi connectivity index (χ4n) is 2.56. The molecule has 0 unspecified atom stereocenters. The summed E-state index contributed by atoms with van der Waals surface area (Å²) >= 11 is 3.28. The monoisotopic (exact) mass is 407 g/mol. The van der Waals surface area contributed by atoms with Crippen molar-refractivity contribution < 1.29 is 18.0 Å². The molecule has 1 heterocycles. The van der Waals surface area contributed by atoms with Crippen LogP contribution in [0.2, 0.25) is 0 Å². The van der Waals surface area contributed by atoms with Gasteiger partial charge in [-0.05, 0) is 30.7 Å². The minimum Gasteiger partial charge on any atom is -0.354 e. The van der Waals surface area contributed by atoms with Gasteiger partial charge >= 0.3 is 6.18 Å². The second kappa shape index (κ2) is 6.52. The van der Waals surface area contributed by atoms with Gasteiger partial charge in [0.2, 0.25) is 0 Å². The number of halogens is 4. The van der Waals surface area contributed by atoms with Crippen molar-refractivity contribution in [2.75, 3.05) is 0 Å². The number of hydrogen-bond acceptors (Lipinski definition) is 1. The van der Waals surface area contributed by atoms with Crippen LogP contribution in [-0.4, -0.2) is 16.9 Å². The number of nitrogens with one attached hydrogen (secondary N) is 1. The Morgan fingerprint density at radius 3 is 2.40 bits per heavy atom. The number of ketones is 1. The molecule has 1 aromatic heterocycles. The number of aromatic nitrogens is 1. The highest BCUT2D eigenvalue weighted by Crippen LogP contribution is 2.32. The van der Waals surface area contributed by atoms with Gasteiger partial charge in [-0.1, -0.05) is 57.9 Å². The van der Waals surface area contributed by atoms with E-state index in [4.69, 9.17) is 0 Å². The first-order valence-corrected chi connectivity index (χ1v) is 8.22. The van der Waals surface area contributed by atoms with Gasteiger partial charge < -0.3 is 4.98 Å². The van der Waals surface area contributed by atoms with Crippen LogP contribution in [0.1, 0.15) is 27.2 Å². The number of H-pyrrole nitrogens is 1. The molecule has 0 amide bonds. The average molecular weight is 408 g/mol. The highest BCUT2D eigenvalue weighted by atomic mass is 79.9. The Balaban J connectivity index is 2.13. The van der Waals surface area contributed by atoms with E-state index in [0.29, 0.717) is 9.99 Å². The largest absolute Gasteiger partial charge is 0.454 e. The van der Waals surface area contributed by atoms with Crippen molar-refractivity contribution in [2.24, 2.45) is 0 Å². The van der Waals surface area contributed by atoms with Crippen molar-refractivity contribution in [3.63, 3.8) is 0 Å². The second-order valence-corrected chi connectivity index (χ2v) is 6.59. The number of hydrogen-bond donors (Lipinski definition) is 1. The molecule has 0 atom stereocenters. The topological polar surface area (TPSA) is 32.9 Å². The molecule has 0 aliphatic rings. The number of benzene rings is 2. The van der Waals surface area contributed by atoms with Gasteiger partial charge in [0.05, 0.1) is 11.3 Å². The third-order valence-electron chi connectivity index (χ3n) is 3.79. The van der Waals surface area contributed by atoms with E-state index >= 15 is 0 Å². The minimum atomic E-state index is -4.94. The normalized spacial score (nSPS) is 12.2. The van der Waals surface area contributed by atoms with Crippen molar-refractivity contribution in [2.45, 2.75) is 13.1 Å². The standard InChI is InChI=1S/C19H13BrF3NO/c1-11-2-4-12(5-3-11)6-9-15-17(18(25)19(21,22)23)14-8-7-13(20)10-16(14)24-15/h2-10,24H,1H3/b9-6+. The van der Waals surface area contributed by atoms with E-state index in [1.54, 1.807) is 18.2 Å². The Labute approximate surface area is 150 Å².